The smallest absolute Gasteiger partial charge is 0.362 e. The van der Waals surface area contributed by atoms with Crippen LogP contribution in [0.3, 0.4) is 0 Å². The number of esters is 1. The molecular formula is C16H20NO5+. The van der Waals surface area contributed by atoms with Crippen LogP contribution in [0.2, 0.25) is 0 Å². The number of ether oxygens (including phenoxy) is 1. The first-order valence-electron chi connectivity index (χ1n) is 7.01. The van der Waals surface area contributed by atoms with E-state index in [1.54, 1.807) is 18.2 Å². The van der Waals surface area contributed by atoms with E-state index in [4.69, 9.17) is 4.74 Å². The van der Waals surface area contributed by atoms with Gasteiger partial charge in [-0.3, -0.25) is 0 Å². The molecule has 1 saturated heterocycles. The molecule has 0 aliphatic carbocycles. The lowest BCUT2D eigenvalue weighted by Crippen LogP contribution is -2.48. The van der Waals surface area contributed by atoms with E-state index in [1.165, 1.54) is 18.2 Å². The molecule has 0 saturated carbocycles. The molecule has 2 atom stereocenters. The van der Waals surface area contributed by atoms with Crippen molar-refractivity contribution in [3.63, 3.8) is 0 Å². The number of carboxylic acid groups (broad SMARTS) is 1. The summed E-state index contributed by atoms with van der Waals surface area (Å²) in [6.45, 7) is 0.482. The van der Waals surface area contributed by atoms with E-state index in [0.29, 0.717) is 17.4 Å². The fourth-order valence-corrected chi connectivity index (χ4v) is 2.70. The average molecular weight is 306 g/mol. The van der Waals surface area contributed by atoms with E-state index in [-0.39, 0.29) is 5.75 Å². The summed E-state index contributed by atoms with van der Waals surface area (Å²) in [4.78, 5) is 23.0. The molecule has 0 radical (unpaired) electrons. The van der Waals surface area contributed by atoms with Crippen LogP contribution in [0.4, 0.5) is 0 Å². The Kier molecular flexibility index (Phi) is 4.51. The van der Waals surface area contributed by atoms with E-state index in [1.807, 2.05) is 14.1 Å². The lowest BCUT2D eigenvalue weighted by molar-refractivity contribution is -0.894. The molecular weight excluding hydrogens is 286 g/mol. The predicted molar refractivity (Wildman–Crippen MR) is 80.0 cm³/mol. The summed E-state index contributed by atoms with van der Waals surface area (Å²) >= 11 is 0. The molecule has 1 aliphatic heterocycles. The quantitative estimate of drug-likeness (QED) is 0.497. The SMILES string of the molecule is C[N+]1(C)CC(OC(=O)C=Cc2ccc(O)cc2)CC1C(=O)O. The number of phenols is 1. The highest BCUT2D eigenvalue weighted by atomic mass is 16.5. The van der Waals surface area contributed by atoms with Crippen LogP contribution >= 0.6 is 0 Å². The lowest BCUT2D eigenvalue weighted by atomic mass is 10.2. The van der Waals surface area contributed by atoms with Crippen molar-refractivity contribution in [2.24, 2.45) is 0 Å². The molecule has 2 rings (SSSR count). The standard InChI is InChI=1S/C16H19NO5/c1-17(2)10-13(9-14(17)16(20)21)22-15(19)8-5-11-3-6-12(18)7-4-11/h3-8,13-14H,9-10H2,1-2H3,(H-,18,19,20,21)/p+1. The third-order valence-electron chi connectivity index (χ3n) is 3.88. The van der Waals surface area contributed by atoms with E-state index in [0.717, 1.165) is 5.56 Å². The zero-order valence-electron chi connectivity index (χ0n) is 12.6. The van der Waals surface area contributed by atoms with Gasteiger partial charge in [0.25, 0.3) is 0 Å². The Bertz CT molecular complexity index is 591. The minimum atomic E-state index is -0.872. The molecule has 0 bridgehead atoms. The van der Waals surface area contributed by atoms with Crippen LogP contribution in [0, 0.1) is 0 Å². The highest BCUT2D eigenvalue weighted by molar-refractivity contribution is 5.87. The molecule has 0 spiro atoms. The highest BCUT2D eigenvalue weighted by Gasteiger charge is 2.46. The van der Waals surface area contributed by atoms with Gasteiger partial charge in [-0.15, -0.1) is 0 Å². The van der Waals surface area contributed by atoms with Gasteiger partial charge in [0.1, 0.15) is 12.3 Å². The number of quaternary nitrogens is 1. The molecule has 118 valence electrons. The fourth-order valence-electron chi connectivity index (χ4n) is 2.70. The first-order valence-corrected chi connectivity index (χ1v) is 7.01. The molecule has 1 fully saturated rings. The summed E-state index contributed by atoms with van der Waals surface area (Å²) in [5.41, 5.74) is 0.765. The van der Waals surface area contributed by atoms with Crippen molar-refractivity contribution < 1.29 is 29.0 Å². The number of benzene rings is 1. The second-order valence-electron chi connectivity index (χ2n) is 6.03. The monoisotopic (exact) mass is 306 g/mol. The molecule has 1 aromatic rings. The minimum Gasteiger partial charge on any atom is -0.508 e. The van der Waals surface area contributed by atoms with Crippen molar-refractivity contribution in [2.45, 2.75) is 18.6 Å². The van der Waals surface area contributed by atoms with Gasteiger partial charge in [0, 0.05) is 6.08 Å². The molecule has 22 heavy (non-hydrogen) atoms. The zero-order valence-corrected chi connectivity index (χ0v) is 12.6. The number of carboxylic acids is 1. The largest absolute Gasteiger partial charge is 0.508 e. The van der Waals surface area contributed by atoms with Crippen molar-refractivity contribution in [1.29, 1.82) is 0 Å². The summed E-state index contributed by atoms with van der Waals surface area (Å²) in [6.07, 6.45) is 2.82. The van der Waals surface area contributed by atoms with Crippen LogP contribution in [0.1, 0.15) is 12.0 Å². The maximum Gasteiger partial charge on any atom is 0.362 e. The molecule has 1 heterocycles. The van der Waals surface area contributed by atoms with Crippen LogP contribution in [-0.4, -0.2) is 59.4 Å². The van der Waals surface area contributed by atoms with Gasteiger partial charge in [0.15, 0.2) is 12.1 Å². The summed E-state index contributed by atoms with van der Waals surface area (Å²) in [5.74, 6) is -1.21. The average Bonchev–Trinajstić information content (AvgIpc) is 2.73. The van der Waals surface area contributed by atoms with Crippen LogP contribution in [0.15, 0.2) is 30.3 Å². The van der Waals surface area contributed by atoms with Gasteiger partial charge in [0.2, 0.25) is 0 Å². The van der Waals surface area contributed by atoms with Crippen molar-refractivity contribution >= 4 is 18.0 Å². The highest BCUT2D eigenvalue weighted by Crippen LogP contribution is 2.25. The van der Waals surface area contributed by atoms with E-state index in [2.05, 4.69) is 0 Å². The molecule has 2 unspecified atom stereocenters. The number of phenolic OH excluding ortho intramolecular Hbond substituents is 1. The van der Waals surface area contributed by atoms with E-state index >= 15 is 0 Å². The second-order valence-corrected chi connectivity index (χ2v) is 6.03. The number of aromatic hydroxyl groups is 1. The Balaban J connectivity index is 1.93. The summed E-state index contributed by atoms with van der Waals surface area (Å²) in [7, 11) is 3.64. The number of hydrogen-bond acceptors (Lipinski definition) is 4. The zero-order chi connectivity index (χ0) is 16.3. The van der Waals surface area contributed by atoms with Crippen LogP contribution in [-0.2, 0) is 14.3 Å². The molecule has 1 aromatic carbocycles. The van der Waals surface area contributed by atoms with Crippen molar-refractivity contribution in [3.8, 4) is 5.75 Å². The summed E-state index contributed by atoms with van der Waals surface area (Å²) in [6, 6.07) is 5.85. The third kappa shape index (κ3) is 3.85. The van der Waals surface area contributed by atoms with Gasteiger partial charge in [-0.05, 0) is 23.8 Å². The number of carbonyl (C=O) groups excluding carboxylic acids is 1. The lowest BCUT2D eigenvalue weighted by Gasteiger charge is -2.28. The first-order chi connectivity index (χ1) is 10.3. The number of aliphatic carboxylic acids is 1. The normalized spacial score (nSPS) is 23.5. The van der Waals surface area contributed by atoms with Crippen molar-refractivity contribution in [3.05, 3.63) is 35.9 Å². The van der Waals surface area contributed by atoms with E-state index < -0.39 is 24.1 Å². The predicted octanol–water partition coefficient (Wildman–Crippen LogP) is 1.25. The van der Waals surface area contributed by atoms with Gasteiger partial charge in [-0.1, -0.05) is 12.1 Å². The van der Waals surface area contributed by atoms with Gasteiger partial charge >= 0.3 is 11.9 Å². The Morgan fingerprint density at radius 2 is 1.91 bits per heavy atom. The van der Waals surface area contributed by atoms with Crippen LogP contribution < -0.4 is 0 Å². The van der Waals surface area contributed by atoms with Crippen molar-refractivity contribution in [1.82, 2.24) is 0 Å². The molecule has 2 N–H and O–H groups in total. The molecule has 0 aromatic heterocycles. The Labute approximate surface area is 128 Å². The maximum atomic E-state index is 11.8. The number of likely N-dealkylation sites (N-methyl/N-ethyl adjacent to an activating group) is 1. The molecule has 6 nitrogen and oxygen atoms in total. The van der Waals surface area contributed by atoms with Crippen LogP contribution in [0.5, 0.6) is 5.75 Å². The van der Waals surface area contributed by atoms with Gasteiger partial charge in [0.05, 0.1) is 20.5 Å². The Morgan fingerprint density at radius 3 is 2.45 bits per heavy atom. The Morgan fingerprint density at radius 1 is 1.27 bits per heavy atom. The molecule has 1 aliphatic rings. The number of rotatable bonds is 4. The summed E-state index contributed by atoms with van der Waals surface area (Å²) < 4.78 is 5.62. The van der Waals surface area contributed by atoms with Crippen molar-refractivity contribution in [2.75, 3.05) is 20.6 Å². The third-order valence-corrected chi connectivity index (χ3v) is 3.88. The first kappa shape index (κ1) is 16.0. The number of nitrogens with zero attached hydrogens (tertiary/aromatic N) is 1. The maximum absolute atomic E-state index is 11.8. The Hall–Kier alpha value is -2.34. The van der Waals surface area contributed by atoms with Gasteiger partial charge in [-0.2, -0.15) is 0 Å². The fraction of sp³-hybridized carbons (Fsp3) is 0.375. The van der Waals surface area contributed by atoms with Crippen LogP contribution in [0.25, 0.3) is 6.08 Å². The van der Waals surface area contributed by atoms with E-state index in [9.17, 15) is 19.8 Å². The summed E-state index contributed by atoms with van der Waals surface area (Å²) in [5, 5.41) is 18.4. The number of likely N-dealkylation sites (tertiary alicyclic amines) is 1. The molecule has 0 amide bonds. The topological polar surface area (TPSA) is 83.8 Å². The molecule has 6 heteroatoms. The minimum absolute atomic E-state index is 0.158. The second kappa shape index (κ2) is 6.19. The number of carbonyl (C=O) groups is 2. The van der Waals surface area contributed by atoms with Gasteiger partial charge in [-0.25, -0.2) is 9.59 Å². The number of hydrogen-bond donors (Lipinski definition) is 2. The van der Waals surface area contributed by atoms with Gasteiger partial charge < -0.3 is 19.4 Å².